The molecule has 0 aliphatic carbocycles. The van der Waals surface area contributed by atoms with Crippen molar-refractivity contribution in [3.05, 3.63) is 51.6 Å². The van der Waals surface area contributed by atoms with Crippen LogP contribution in [0.3, 0.4) is 0 Å². The number of aryl methyl sites for hydroxylation is 1. The van der Waals surface area contributed by atoms with E-state index in [1.807, 2.05) is 24.4 Å². The number of rotatable bonds is 6. The number of hydrogen-bond donors (Lipinski definition) is 0. The molecular weight excluding hydrogens is 368 g/mol. The van der Waals surface area contributed by atoms with Crippen LogP contribution in [0.4, 0.5) is 0 Å². The minimum Gasteiger partial charge on any atom is -0.365 e. The van der Waals surface area contributed by atoms with E-state index in [2.05, 4.69) is 15.3 Å². The van der Waals surface area contributed by atoms with E-state index in [9.17, 15) is 4.79 Å². The molecule has 4 rings (SSSR count). The molecule has 27 heavy (non-hydrogen) atoms. The smallest absolute Gasteiger partial charge is 0.276 e. The standard InChI is InChI=1S/C18H20N4O4S/c1-2-4-12-9-14(20-25-12)18(23)22-6-7-24-15(11-22)17-19-16(21-26-17)10-13-5-3-8-27-13/h3,5,8-9,15H,2,4,6-7,10-11H2,1H3/t15-/m1/s1. The molecule has 0 bridgehead atoms. The van der Waals surface area contributed by atoms with E-state index in [0.717, 1.165) is 23.5 Å². The van der Waals surface area contributed by atoms with Gasteiger partial charge in [0.05, 0.1) is 13.2 Å². The molecule has 0 spiro atoms. The van der Waals surface area contributed by atoms with Crippen LogP contribution in [0.25, 0.3) is 0 Å². The molecule has 1 fully saturated rings. The minimum absolute atomic E-state index is 0.173. The SMILES string of the molecule is CCCc1cc(C(=O)N2CCO[C@@H](c3nc(Cc4cccs4)no3)C2)no1. The van der Waals surface area contributed by atoms with Gasteiger partial charge in [0, 0.05) is 30.3 Å². The zero-order valence-electron chi connectivity index (χ0n) is 15.0. The van der Waals surface area contributed by atoms with E-state index in [-0.39, 0.29) is 5.91 Å². The highest BCUT2D eigenvalue weighted by atomic mass is 32.1. The first-order valence-electron chi connectivity index (χ1n) is 8.94. The lowest BCUT2D eigenvalue weighted by atomic mass is 10.2. The summed E-state index contributed by atoms with van der Waals surface area (Å²) in [7, 11) is 0. The Morgan fingerprint density at radius 2 is 2.30 bits per heavy atom. The molecule has 142 valence electrons. The molecule has 3 aromatic rings. The van der Waals surface area contributed by atoms with Crippen molar-refractivity contribution in [2.24, 2.45) is 0 Å². The summed E-state index contributed by atoms with van der Waals surface area (Å²) in [5.74, 6) is 1.56. The number of nitrogens with zero attached hydrogens (tertiary/aromatic N) is 4. The summed E-state index contributed by atoms with van der Waals surface area (Å²) in [5.41, 5.74) is 0.322. The van der Waals surface area contributed by atoms with E-state index in [1.165, 1.54) is 0 Å². The maximum atomic E-state index is 12.7. The molecule has 0 N–H and O–H groups in total. The van der Waals surface area contributed by atoms with Gasteiger partial charge in [-0.3, -0.25) is 4.79 Å². The molecule has 0 unspecified atom stereocenters. The second-order valence-corrected chi connectivity index (χ2v) is 7.38. The molecule has 1 amide bonds. The third kappa shape index (κ3) is 4.09. The van der Waals surface area contributed by atoms with Gasteiger partial charge >= 0.3 is 0 Å². The Labute approximate surface area is 160 Å². The van der Waals surface area contributed by atoms with Gasteiger partial charge < -0.3 is 18.7 Å². The van der Waals surface area contributed by atoms with E-state index in [1.54, 1.807) is 22.3 Å². The Kier molecular flexibility index (Phi) is 5.30. The fraction of sp³-hybridized carbons (Fsp3) is 0.444. The average molecular weight is 388 g/mol. The first-order valence-corrected chi connectivity index (χ1v) is 9.82. The Bertz CT molecular complexity index is 889. The van der Waals surface area contributed by atoms with Crippen molar-refractivity contribution in [2.45, 2.75) is 32.3 Å². The highest BCUT2D eigenvalue weighted by Gasteiger charge is 2.31. The summed E-state index contributed by atoms with van der Waals surface area (Å²) in [4.78, 5) is 20.0. The van der Waals surface area contributed by atoms with Crippen LogP contribution in [-0.2, 0) is 17.6 Å². The molecule has 0 saturated carbocycles. The third-order valence-electron chi connectivity index (χ3n) is 4.30. The zero-order valence-corrected chi connectivity index (χ0v) is 15.8. The van der Waals surface area contributed by atoms with E-state index in [4.69, 9.17) is 13.8 Å². The molecule has 4 heterocycles. The largest absolute Gasteiger partial charge is 0.365 e. The number of thiophene rings is 1. The maximum absolute atomic E-state index is 12.7. The van der Waals surface area contributed by atoms with Crippen LogP contribution in [0.15, 0.2) is 32.6 Å². The summed E-state index contributed by atoms with van der Waals surface area (Å²) < 4.78 is 16.3. The number of amides is 1. The zero-order chi connectivity index (χ0) is 18.6. The quantitative estimate of drug-likeness (QED) is 0.641. The van der Waals surface area contributed by atoms with Crippen LogP contribution >= 0.6 is 11.3 Å². The number of morpholine rings is 1. The summed E-state index contributed by atoms with van der Waals surface area (Å²) in [6.07, 6.45) is 1.89. The third-order valence-corrected chi connectivity index (χ3v) is 5.18. The number of hydrogen-bond acceptors (Lipinski definition) is 8. The van der Waals surface area contributed by atoms with Gasteiger partial charge in [-0.2, -0.15) is 4.98 Å². The lowest BCUT2D eigenvalue weighted by molar-refractivity contribution is -0.0369. The highest BCUT2D eigenvalue weighted by molar-refractivity contribution is 7.09. The van der Waals surface area contributed by atoms with Crippen molar-refractivity contribution in [3.8, 4) is 0 Å². The number of carbonyl (C=O) groups excluding carboxylic acids is 1. The summed E-state index contributed by atoms with van der Waals surface area (Å²) >= 11 is 1.65. The number of carbonyl (C=O) groups is 1. The molecule has 1 saturated heterocycles. The number of aromatic nitrogens is 3. The van der Waals surface area contributed by atoms with Crippen molar-refractivity contribution in [1.29, 1.82) is 0 Å². The van der Waals surface area contributed by atoms with Crippen molar-refractivity contribution >= 4 is 17.2 Å². The Morgan fingerprint density at radius 1 is 1.37 bits per heavy atom. The van der Waals surface area contributed by atoms with Gasteiger partial charge in [-0.15, -0.1) is 11.3 Å². The van der Waals surface area contributed by atoms with E-state index >= 15 is 0 Å². The van der Waals surface area contributed by atoms with Crippen LogP contribution in [0, 0.1) is 0 Å². The Balaban J connectivity index is 1.41. The summed E-state index contributed by atoms with van der Waals surface area (Å²) in [6, 6.07) is 5.73. The fourth-order valence-electron chi connectivity index (χ4n) is 2.96. The van der Waals surface area contributed by atoms with Crippen molar-refractivity contribution in [1.82, 2.24) is 20.2 Å². The van der Waals surface area contributed by atoms with Crippen molar-refractivity contribution in [3.63, 3.8) is 0 Å². The van der Waals surface area contributed by atoms with Crippen LogP contribution in [0.2, 0.25) is 0 Å². The first-order chi connectivity index (χ1) is 13.2. The first kappa shape index (κ1) is 17.9. The second kappa shape index (κ2) is 8.01. The Morgan fingerprint density at radius 3 is 3.11 bits per heavy atom. The topological polar surface area (TPSA) is 94.5 Å². The van der Waals surface area contributed by atoms with Crippen LogP contribution in [0.5, 0.6) is 0 Å². The molecule has 1 aliphatic heterocycles. The summed E-state index contributed by atoms with van der Waals surface area (Å²) in [5, 5.41) is 9.94. The van der Waals surface area contributed by atoms with Crippen LogP contribution in [0.1, 0.15) is 52.3 Å². The van der Waals surface area contributed by atoms with Gasteiger partial charge in [-0.1, -0.05) is 23.3 Å². The lowest BCUT2D eigenvalue weighted by Crippen LogP contribution is -2.42. The Hall–Kier alpha value is -2.52. The maximum Gasteiger partial charge on any atom is 0.276 e. The molecule has 9 heteroatoms. The normalized spacial score (nSPS) is 17.4. The molecule has 3 aromatic heterocycles. The molecule has 0 aromatic carbocycles. The van der Waals surface area contributed by atoms with Gasteiger partial charge in [0.1, 0.15) is 5.76 Å². The summed E-state index contributed by atoms with van der Waals surface area (Å²) in [6.45, 7) is 3.28. The predicted molar refractivity (Wildman–Crippen MR) is 96.5 cm³/mol. The van der Waals surface area contributed by atoms with E-state index in [0.29, 0.717) is 43.5 Å². The number of ether oxygens (including phenoxy) is 1. The van der Waals surface area contributed by atoms with Gasteiger partial charge in [-0.25, -0.2) is 0 Å². The highest BCUT2D eigenvalue weighted by Crippen LogP contribution is 2.23. The molecular formula is C18H20N4O4S. The molecule has 1 aliphatic rings. The molecule has 8 nitrogen and oxygen atoms in total. The van der Waals surface area contributed by atoms with Crippen LogP contribution in [-0.4, -0.2) is 45.8 Å². The van der Waals surface area contributed by atoms with Crippen LogP contribution < -0.4 is 0 Å². The van der Waals surface area contributed by atoms with Crippen molar-refractivity contribution < 1.29 is 18.6 Å². The second-order valence-electron chi connectivity index (χ2n) is 6.34. The van der Waals surface area contributed by atoms with Crippen molar-refractivity contribution in [2.75, 3.05) is 19.7 Å². The van der Waals surface area contributed by atoms with Gasteiger partial charge in [-0.05, 0) is 17.9 Å². The van der Waals surface area contributed by atoms with Gasteiger partial charge in [0.25, 0.3) is 11.8 Å². The fourth-order valence-corrected chi connectivity index (χ4v) is 3.66. The molecule has 0 radical (unpaired) electrons. The predicted octanol–water partition coefficient (Wildman–Crippen LogP) is 2.88. The lowest BCUT2D eigenvalue weighted by Gasteiger charge is -2.30. The minimum atomic E-state index is -0.436. The average Bonchev–Trinajstić information content (AvgIpc) is 3.44. The molecule has 1 atom stereocenters. The van der Waals surface area contributed by atoms with Gasteiger partial charge in [0.2, 0.25) is 0 Å². The van der Waals surface area contributed by atoms with E-state index < -0.39 is 6.10 Å². The monoisotopic (exact) mass is 388 g/mol. The van der Waals surface area contributed by atoms with Gasteiger partial charge in [0.15, 0.2) is 17.6 Å².